The second kappa shape index (κ2) is 5.79. The van der Waals surface area contributed by atoms with Crippen molar-refractivity contribution in [2.45, 2.75) is 25.4 Å². The quantitative estimate of drug-likeness (QED) is 0.852. The Labute approximate surface area is 133 Å². The van der Waals surface area contributed by atoms with Crippen LogP contribution in [0, 0.1) is 11.3 Å². The van der Waals surface area contributed by atoms with Crippen LogP contribution in [-0.2, 0) is 6.54 Å². The highest BCUT2D eigenvalue weighted by atomic mass is 79.9. The van der Waals surface area contributed by atoms with Crippen molar-refractivity contribution in [1.82, 2.24) is 0 Å². The van der Waals surface area contributed by atoms with Crippen LogP contribution in [-0.4, -0.2) is 6.04 Å². The smallest absolute Gasteiger partial charge is 0.101 e. The highest BCUT2D eigenvalue weighted by Gasteiger charge is 2.30. The van der Waals surface area contributed by atoms with E-state index in [1.807, 2.05) is 36.4 Å². The van der Waals surface area contributed by atoms with E-state index in [0.717, 1.165) is 22.4 Å². The van der Waals surface area contributed by atoms with Crippen molar-refractivity contribution < 1.29 is 0 Å². The molecule has 2 N–H and O–H groups in total. The van der Waals surface area contributed by atoms with E-state index in [1.165, 1.54) is 18.4 Å². The van der Waals surface area contributed by atoms with Crippen LogP contribution in [0.1, 0.15) is 24.0 Å². The summed E-state index contributed by atoms with van der Waals surface area (Å²) < 4.78 is 0.933. The van der Waals surface area contributed by atoms with Crippen LogP contribution in [0.4, 0.5) is 11.4 Å². The summed E-state index contributed by atoms with van der Waals surface area (Å²) in [6.07, 6.45) is 2.37. The van der Waals surface area contributed by atoms with E-state index >= 15 is 0 Å². The Morgan fingerprint density at radius 1 is 1.24 bits per heavy atom. The van der Waals surface area contributed by atoms with Gasteiger partial charge in [0.25, 0.3) is 0 Å². The fourth-order valence-corrected chi connectivity index (χ4v) is 2.89. The summed E-state index contributed by atoms with van der Waals surface area (Å²) in [6.45, 7) is 0.784. The van der Waals surface area contributed by atoms with Gasteiger partial charge in [0.15, 0.2) is 0 Å². The minimum absolute atomic E-state index is 0.528. The van der Waals surface area contributed by atoms with Gasteiger partial charge in [-0.25, -0.2) is 0 Å². The molecule has 21 heavy (non-hydrogen) atoms. The molecule has 0 bridgehead atoms. The van der Waals surface area contributed by atoms with Crippen molar-refractivity contribution in [3.8, 4) is 6.07 Å². The van der Waals surface area contributed by atoms with E-state index in [-0.39, 0.29) is 0 Å². The Hall–Kier alpha value is -1.99. The number of hydrogen-bond acceptors (Lipinski definition) is 3. The van der Waals surface area contributed by atoms with Crippen molar-refractivity contribution >= 4 is 27.3 Å². The van der Waals surface area contributed by atoms with Crippen molar-refractivity contribution in [3.05, 3.63) is 58.1 Å². The summed E-state index contributed by atoms with van der Waals surface area (Å²) in [6, 6.07) is 16.7. The molecule has 4 heteroatoms. The maximum Gasteiger partial charge on any atom is 0.101 e. The highest BCUT2D eigenvalue weighted by molar-refractivity contribution is 9.10. The van der Waals surface area contributed by atoms with Crippen LogP contribution in [0.2, 0.25) is 0 Å². The zero-order chi connectivity index (χ0) is 14.8. The predicted octanol–water partition coefficient (Wildman–Crippen LogP) is 4.07. The van der Waals surface area contributed by atoms with Crippen molar-refractivity contribution in [2.24, 2.45) is 0 Å². The van der Waals surface area contributed by atoms with Gasteiger partial charge in [-0.3, -0.25) is 0 Å². The number of hydrogen-bond donors (Lipinski definition) is 1. The summed E-state index contributed by atoms with van der Waals surface area (Å²) in [4.78, 5) is 2.32. The summed E-state index contributed by atoms with van der Waals surface area (Å²) >= 11 is 3.43. The Morgan fingerprint density at radius 3 is 2.71 bits per heavy atom. The van der Waals surface area contributed by atoms with Crippen LogP contribution >= 0.6 is 15.9 Å². The number of benzene rings is 2. The number of anilines is 2. The van der Waals surface area contributed by atoms with E-state index in [1.54, 1.807) is 0 Å². The van der Waals surface area contributed by atoms with Crippen LogP contribution in [0.5, 0.6) is 0 Å². The Kier molecular flexibility index (Phi) is 3.85. The average Bonchev–Trinajstić information content (AvgIpc) is 3.29. The Bertz CT molecular complexity index is 701. The zero-order valence-electron chi connectivity index (χ0n) is 11.6. The summed E-state index contributed by atoms with van der Waals surface area (Å²) in [5, 5.41) is 9.39. The van der Waals surface area contributed by atoms with E-state index < -0.39 is 0 Å². The van der Waals surface area contributed by atoms with Gasteiger partial charge in [0, 0.05) is 22.7 Å². The molecule has 0 atom stereocenters. The lowest BCUT2D eigenvalue weighted by atomic mass is 10.1. The van der Waals surface area contributed by atoms with Gasteiger partial charge in [-0.15, -0.1) is 0 Å². The van der Waals surface area contributed by atoms with E-state index in [9.17, 15) is 5.26 Å². The van der Waals surface area contributed by atoms with Gasteiger partial charge in [-0.05, 0) is 48.7 Å². The molecule has 0 unspecified atom stereocenters. The fraction of sp³-hybridized carbons (Fsp3) is 0.235. The maximum absolute atomic E-state index is 9.39. The lowest BCUT2D eigenvalue weighted by Gasteiger charge is -2.26. The molecule has 2 aromatic carbocycles. The highest BCUT2D eigenvalue weighted by Crippen LogP contribution is 2.35. The standard InChI is InChI=1S/C17H16BrN3/c18-14-4-7-17(13(9-14)10-19)21(16-5-6-16)11-12-2-1-3-15(20)8-12/h1-4,7-9,16H,5-6,11,20H2. The molecular formula is C17H16BrN3. The summed E-state index contributed by atoms with van der Waals surface area (Å²) in [5.41, 5.74) is 9.53. The lowest BCUT2D eigenvalue weighted by molar-refractivity contribution is 0.793. The number of nitriles is 1. The minimum atomic E-state index is 0.528. The summed E-state index contributed by atoms with van der Waals surface area (Å²) in [7, 11) is 0. The Balaban J connectivity index is 1.94. The fourth-order valence-electron chi connectivity index (χ4n) is 2.53. The largest absolute Gasteiger partial charge is 0.399 e. The molecule has 0 aliphatic heterocycles. The van der Waals surface area contributed by atoms with Gasteiger partial charge in [-0.1, -0.05) is 28.1 Å². The summed E-state index contributed by atoms with van der Waals surface area (Å²) in [5.74, 6) is 0. The van der Waals surface area contributed by atoms with Gasteiger partial charge in [-0.2, -0.15) is 5.26 Å². The normalized spacial score (nSPS) is 13.7. The van der Waals surface area contributed by atoms with Crippen LogP contribution in [0.3, 0.4) is 0 Å². The molecule has 106 valence electrons. The monoisotopic (exact) mass is 341 g/mol. The van der Waals surface area contributed by atoms with E-state index in [0.29, 0.717) is 11.6 Å². The molecule has 0 radical (unpaired) electrons. The predicted molar refractivity (Wildman–Crippen MR) is 88.9 cm³/mol. The van der Waals surface area contributed by atoms with E-state index in [4.69, 9.17) is 5.73 Å². The van der Waals surface area contributed by atoms with Gasteiger partial charge < -0.3 is 10.6 Å². The average molecular weight is 342 g/mol. The molecule has 1 saturated carbocycles. The third-order valence-corrected chi connectivity index (χ3v) is 4.17. The molecule has 0 heterocycles. The van der Waals surface area contributed by atoms with Crippen molar-refractivity contribution in [2.75, 3.05) is 10.6 Å². The van der Waals surface area contributed by atoms with E-state index in [2.05, 4.69) is 33.0 Å². The molecule has 0 saturated heterocycles. The molecule has 0 aromatic heterocycles. The second-order valence-corrected chi connectivity index (χ2v) is 6.29. The van der Waals surface area contributed by atoms with Gasteiger partial charge in [0.05, 0.1) is 11.3 Å². The molecule has 3 rings (SSSR count). The molecule has 1 aliphatic carbocycles. The molecule has 1 fully saturated rings. The molecule has 0 spiro atoms. The number of nitrogens with zero attached hydrogens (tertiary/aromatic N) is 2. The topological polar surface area (TPSA) is 53.0 Å². The SMILES string of the molecule is N#Cc1cc(Br)ccc1N(Cc1cccc(N)c1)C1CC1. The van der Waals surface area contributed by atoms with Crippen LogP contribution < -0.4 is 10.6 Å². The molecule has 3 nitrogen and oxygen atoms in total. The maximum atomic E-state index is 9.39. The van der Waals surface area contributed by atoms with Gasteiger partial charge >= 0.3 is 0 Å². The number of halogens is 1. The van der Waals surface area contributed by atoms with Crippen molar-refractivity contribution in [3.63, 3.8) is 0 Å². The number of nitrogen functional groups attached to an aromatic ring is 1. The first-order chi connectivity index (χ1) is 10.2. The molecule has 2 aromatic rings. The van der Waals surface area contributed by atoms with Crippen LogP contribution in [0.25, 0.3) is 0 Å². The first-order valence-corrected chi connectivity index (χ1v) is 7.77. The molecular weight excluding hydrogens is 326 g/mol. The van der Waals surface area contributed by atoms with Crippen LogP contribution in [0.15, 0.2) is 46.9 Å². The number of nitrogens with two attached hydrogens (primary N) is 1. The minimum Gasteiger partial charge on any atom is -0.399 e. The first-order valence-electron chi connectivity index (χ1n) is 6.98. The third kappa shape index (κ3) is 3.20. The Morgan fingerprint density at radius 2 is 2.05 bits per heavy atom. The lowest BCUT2D eigenvalue weighted by Crippen LogP contribution is -2.25. The first kappa shape index (κ1) is 14.0. The van der Waals surface area contributed by atoms with Gasteiger partial charge in [0.2, 0.25) is 0 Å². The second-order valence-electron chi connectivity index (χ2n) is 5.38. The van der Waals surface area contributed by atoms with Crippen molar-refractivity contribution in [1.29, 1.82) is 5.26 Å². The molecule has 0 amide bonds. The zero-order valence-corrected chi connectivity index (χ0v) is 13.2. The molecule has 1 aliphatic rings. The third-order valence-electron chi connectivity index (χ3n) is 3.68. The number of rotatable bonds is 4. The van der Waals surface area contributed by atoms with Gasteiger partial charge in [0.1, 0.15) is 6.07 Å².